The molecule has 0 aromatic rings. The van der Waals surface area contributed by atoms with Crippen molar-refractivity contribution in [3.63, 3.8) is 0 Å². The van der Waals surface area contributed by atoms with Crippen molar-refractivity contribution in [2.45, 2.75) is 71.4 Å². The number of hydrogen-bond donors (Lipinski definition) is 1. The normalized spacial score (nSPS) is 33.0. The zero-order chi connectivity index (χ0) is 12.5. The van der Waals surface area contributed by atoms with Crippen LogP contribution in [0.3, 0.4) is 0 Å². The molecule has 2 rings (SSSR count). The first-order chi connectivity index (χ1) is 8.04. The highest BCUT2D eigenvalue weighted by molar-refractivity contribution is 4.94. The zero-order valence-electron chi connectivity index (χ0n) is 11.8. The number of rotatable bonds is 5. The van der Waals surface area contributed by atoms with Crippen molar-refractivity contribution in [3.05, 3.63) is 0 Å². The van der Waals surface area contributed by atoms with Crippen molar-refractivity contribution in [1.29, 1.82) is 0 Å². The molecule has 100 valence electrons. The molecule has 0 aliphatic heterocycles. The van der Waals surface area contributed by atoms with Crippen LogP contribution in [0.1, 0.15) is 59.3 Å². The Morgan fingerprint density at radius 2 is 1.94 bits per heavy atom. The van der Waals surface area contributed by atoms with E-state index in [-0.39, 0.29) is 11.5 Å². The summed E-state index contributed by atoms with van der Waals surface area (Å²) >= 11 is 0. The van der Waals surface area contributed by atoms with Gasteiger partial charge in [-0.25, -0.2) is 0 Å². The van der Waals surface area contributed by atoms with Gasteiger partial charge in [0.05, 0.1) is 6.10 Å². The molecule has 2 atom stereocenters. The molecule has 2 heteroatoms. The molecule has 2 aliphatic carbocycles. The van der Waals surface area contributed by atoms with E-state index in [0.717, 1.165) is 12.5 Å². The molecule has 2 saturated carbocycles. The molecule has 0 aromatic carbocycles. The van der Waals surface area contributed by atoms with E-state index < -0.39 is 0 Å². The monoisotopic (exact) mass is 239 g/mol. The van der Waals surface area contributed by atoms with Crippen molar-refractivity contribution < 1.29 is 5.11 Å². The van der Waals surface area contributed by atoms with Crippen molar-refractivity contribution in [2.24, 2.45) is 11.3 Å². The topological polar surface area (TPSA) is 23.5 Å². The molecule has 0 spiro atoms. The largest absolute Gasteiger partial charge is 0.391 e. The summed E-state index contributed by atoms with van der Waals surface area (Å²) in [7, 11) is 0. The highest BCUT2D eigenvalue weighted by Crippen LogP contribution is 2.39. The fourth-order valence-corrected chi connectivity index (χ4v) is 3.29. The van der Waals surface area contributed by atoms with Gasteiger partial charge in [-0.05, 0) is 50.0 Å². The van der Waals surface area contributed by atoms with E-state index in [4.69, 9.17) is 0 Å². The van der Waals surface area contributed by atoms with Crippen LogP contribution in [0.5, 0.6) is 0 Å². The van der Waals surface area contributed by atoms with Gasteiger partial charge >= 0.3 is 0 Å². The van der Waals surface area contributed by atoms with Crippen LogP contribution in [0.4, 0.5) is 0 Å². The van der Waals surface area contributed by atoms with Crippen LogP contribution in [-0.2, 0) is 0 Å². The number of aliphatic hydroxyl groups is 1. The minimum absolute atomic E-state index is 0.110. The van der Waals surface area contributed by atoms with Gasteiger partial charge in [0.2, 0.25) is 0 Å². The lowest BCUT2D eigenvalue weighted by atomic mass is 9.72. The Balaban J connectivity index is 1.99. The summed E-state index contributed by atoms with van der Waals surface area (Å²) in [6, 6.07) is 0.416. The third-order valence-corrected chi connectivity index (χ3v) is 4.66. The molecule has 0 heterocycles. The predicted octanol–water partition coefficient (Wildman–Crippen LogP) is 3.05. The summed E-state index contributed by atoms with van der Waals surface area (Å²) in [6.45, 7) is 9.09. The fraction of sp³-hybridized carbons (Fsp3) is 1.00. The molecule has 0 amide bonds. The van der Waals surface area contributed by atoms with Crippen molar-refractivity contribution in [1.82, 2.24) is 4.90 Å². The summed E-state index contributed by atoms with van der Waals surface area (Å²) in [5.74, 6) is 0.929. The maximum absolute atomic E-state index is 10.6. The van der Waals surface area contributed by atoms with Crippen LogP contribution in [0, 0.1) is 11.3 Å². The van der Waals surface area contributed by atoms with Crippen molar-refractivity contribution in [2.75, 3.05) is 13.1 Å². The summed E-state index contributed by atoms with van der Waals surface area (Å²) in [5.41, 5.74) is 0.110. The summed E-state index contributed by atoms with van der Waals surface area (Å²) in [4.78, 5) is 2.59. The first kappa shape index (κ1) is 13.4. The second kappa shape index (κ2) is 5.27. The molecule has 2 unspecified atom stereocenters. The highest BCUT2D eigenvalue weighted by atomic mass is 16.3. The van der Waals surface area contributed by atoms with Crippen LogP contribution < -0.4 is 0 Å². The maximum atomic E-state index is 10.6. The Kier molecular flexibility index (Phi) is 4.14. The van der Waals surface area contributed by atoms with E-state index >= 15 is 0 Å². The number of hydrogen-bond acceptors (Lipinski definition) is 2. The van der Waals surface area contributed by atoms with E-state index in [2.05, 4.69) is 25.7 Å². The van der Waals surface area contributed by atoms with Gasteiger partial charge in [0.15, 0.2) is 0 Å². The van der Waals surface area contributed by atoms with Gasteiger partial charge in [-0.1, -0.05) is 27.2 Å². The summed E-state index contributed by atoms with van der Waals surface area (Å²) in [5, 5.41) is 10.6. The van der Waals surface area contributed by atoms with E-state index in [9.17, 15) is 5.11 Å². The van der Waals surface area contributed by atoms with Gasteiger partial charge in [0, 0.05) is 12.6 Å². The van der Waals surface area contributed by atoms with E-state index in [1.165, 1.54) is 45.1 Å². The lowest BCUT2D eigenvalue weighted by Crippen LogP contribution is -2.53. The molecule has 2 aliphatic rings. The smallest absolute Gasteiger partial charge is 0.0746 e. The van der Waals surface area contributed by atoms with E-state index in [0.29, 0.717) is 6.04 Å². The van der Waals surface area contributed by atoms with Crippen molar-refractivity contribution >= 4 is 0 Å². The van der Waals surface area contributed by atoms with Crippen LogP contribution in [0.25, 0.3) is 0 Å². The minimum atomic E-state index is -0.137. The Bertz CT molecular complexity index is 247. The first-order valence-electron chi connectivity index (χ1n) is 7.46. The second-order valence-electron chi connectivity index (χ2n) is 6.83. The molecule has 2 fully saturated rings. The Morgan fingerprint density at radius 1 is 1.24 bits per heavy atom. The quantitative estimate of drug-likeness (QED) is 0.797. The van der Waals surface area contributed by atoms with Crippen LogP contribution in [0.2, 0.25) is 0 Å². The van der Waals surface area contributed by atoms with Crippen LogP contribution >= 0.6 is 0 Å². The van der Waals surface area contributed by atoms with Gasteiger partial charge < -0.3 is 5.11 Å². The lowest BCUT2D eigenvalue weighted by Gasteiger charge is -2.45. The Labute approximate surface area is 106 Å². The minimum Gasteiger partial charge on any atom is -0.391 e. The molecule has 2 nitrogen and oxygen atoms in total. The summed E-state index contributed by atoms with van der Waals surface area (Å²) in [6.07, 6.45) is 7.53. The Hall–Kier alpha value is -0.0800. The molecule has 0 radical (unpaired) electrons. The predicted molar refractivity (Wildman–Crippen MR) is 72.0 cm³/mol. The second-order valence-corrected chi connectivity index (χ2v) is 6.83. The standard InChI is InChI=1S/C15H29NO/c1-4-10-16(11-12-7-8-12)13-6-5-9-15(2,3)14(13)17/h12-14,17H,4-11H2,1-3H3. The van der Waals surface area contributed by atoms with Crippen LogP contribution in [-0.4, -0.2) is 35.2 Å². The average molecular weight is 239 g/mol. The van der Waals surface area contributed by atoms with E-state index in [1.54, 1.807) is 0 Å². The molecule has 0 saturated heterocycles. The maximum Gasteiger partial charge on any atom is 0.0746 e. The summed E-state index contributed by atoms with van der Waals surface area (Å²) < 4.78 is 0. The van der Waals surface area contributed by atoms with Crippen molar-refractivity contribution in [3.8, 4) is 0 Å². The molecular weight excluding hydrogens is 210 g/mol. The van der Waals surface area contributed by atoms with Gasteiger partial charge in [-0.2, -0.15) is 0 Å². The van der Waals surface area contributed by atoms with Crippen LogP contribution in [0.15, 0.2) is 0 Å². The first-order valence-corrected chi connectivity index (χ1v) is 7.46. The van der Waals surface area contributed by atoms with Gasteiger partial charge in [-0.3, -0.25) is 4.90 Å². The highest BCUT2D eigenvalue weighted by Gasteiger charge is 2.41. The molecule has 0 bridgehead atoms. The van der Waals surface area contributed by atoms with Gasteiger partial charge in [0.1, 0.15) is 0 Å². The SMILES string of the molecule is CCCN(CC1CC1)C1CCCC(C)(C)C1O. The molecular formula is C15H29NO. The molecule has 0 aromatic heterocycles. The number of nitrogens with zero attached hydrogens (tertiary/aromatic N) is 1. The fourth-order valence-electron chi connectivity index (χ4n) is 3.29. The third-order valence-electron chi connectivity index (χ3n) is 4.66. The Morgan fingerprint density at radius 3 is 2.53 bits per heavy atom. The molecule has 1 N–H and O–H groups in total. The zero-order valence-corrected chi connectivity index (χ0v) is 11.8. The van der Waals surface area contributed by atoms with Gasteiger partial charge in [0.25, 0.3) is 0 Å². The molecule has 17 heavy (non-hydrogen) atoms. The lowest BCUT2D eigenvalue weighted by molar-refractivity contribution is -0.0584. The van der Waals surface area contributed by atoms with E-state index in [1.807, 2.05) is 0 Å². The average Bonchev–Trinajstić information content (AvgIpc) is 3.05. The number of aliphatic hydroxyl groups excluding tert-OH is 1. The van der Waals surface area contributed by atoms with Gasteiger partial charge in [-0.15, -0.1) is 0 Å². The third kappa shape index (κ3) is 3.23.